The van der Waals surface area contributed by atoms with Crippen LogP contribution in [0.2, 0.25) is 0 Å². The van der Waals surface area contributed by atoms with Crippen LogP contribution in [0, 0.1) is 11.3 Å². The van der Waals surface area contributed by atoms with Crippen LogP contribution >= 0.6 is 15.9 Å². The summed E-state index contributed by atoms with van der Waals surface area (Å²) in [6.07, 6.45) is -4.69. The number of nitrogens with two attached hydrogens (primary N) is 1. The van der Waals surface area contributed by atoms with E-state index in [9.17, 15) is 13.2 Å². The summed E-state index contributed by atoms with van der Waals surface area (Å²) in [6.45, 7) is 0. The predicted molar refractivity (Wildman–Crippen MR) is 73.6 cm³/mol. The maximum Gasteiger partial charge on any atom is 0.451 e. The van der Waals surface area contributed by atoms with Gasteiger partial charge in [0.15, 0.2) is 0 Å². The third-order valence-corrected chi connectivity index (χ3v) is 3.02. The Morgan fingerprint density at radius 1 is 1.24 bits per heavy atom. The number of aromatic nitrogens is 2. The van der Waals surface area contributed by atoms with E-state index in [4.69, 9.17) is 11.0 Å². The van der Waals surface area contributed by atoms with Crippen molar-refractivity contribution in [1.82, 2.24) is 9.97 Å². The SMILES string of the molecule is N#Cc1ccc(Nc2cc(N)nc(C(F)(F)F)n2)c(Br)c1. The Morgan fingerprint density at radius 2 is 1.95 bits per heavy atom. The van der Waals surface area contributed by atoms with Gasteiger partial charge in [-0.2, -0.15) is 18.4 Å². The lowest BCUT2D eigenvalue weighted by molar-refractivity contribution is -0.144. The van der Waals surface area contributed by atoms with E-state index in [-0.39, 0.29) is 11.6 Å². The van der Waals surface area contributed by atoms with E-state index < -0.39 is 12.0 Å². The smallest absolute Gasteiger partial charge is 0.384 e. The topological polar surface area (TPSA) is 87.6 Å². The second-order valence-electron chi connectivity index (χ2n) is 3.93. The molecule has 2 aromatic rings. The van der Waals surface area contributed by atoms with Gasteiger partial charge in [0, 0.05) is 10.5 Å². The first-order valence-corrected chi connectivity index (χ1v) is 6.27. The van der Waals surface area contributed by atoms with Crippen molar-refractivity contribution in [2.75, 3.05) is 11.1 Å². The Morgan fingerprint density at radius 3 is 2.52 bits per heavy atom. The van der Waals surface area contributed by atoms with E-state index >= 15 is 0 Å². The summed E-state index contributed by atoms with van der Waals surface area (Å²) >= 11 is 3.21. The Labute approximate surface area is 125 Å². The van der Waals surface area contributed by atoms with Crippen molar-refractivity contribution < 1.29 is 13.2 Å². The summed E-state index contributed by atoms with van der Waals surface area (Å²) in [4.78, 5) is 6.51. The Kier molecular flexibility index (Phi) is 3.99. The minimum atomic E-state index is -4.69. The van der Waals surface area contributed by atoms with Gasteiger partial charge in [-0.3, -0.25) is 0 Å². The zero-order valence-electron chi connectivity index (χ0n) is 10.2. The standard InChI is InChI=1S/C12H7BrF3N5/c13-7-3-6(5-17)1-2-8(7)19-10-4-9(18)20-11(21-10)12(14,15)16/h1-4H,(H3,18,19,20,21). The molecule has 0 aliphatic rings. The second kappa shape index (κ2) is 5.57. The highest BCUT2D eigenvalue weighted by Crippen LogP contribution is 2.30. The van der Waals surface area contributed by atoms with Gasteiger partial charge in [-0.15, -0.1) is 0 Å². The molecule has 1 heterocycles. The minimum Gasteiger partial charge on any atom is -0.384 e. The van der Waals surface area contributed by atoms with Crippen LogP contribution in [0.3, 0.4) is 0 Å². The average Bonchev–Trinajstić information content (AvgIpc) is 2.39. The van der Waals surface area contributed by atoms with Crippen molar-refractivity contribution in [1.29, 1.82) is 5.26 Å². The van der Waals surface area contributed by atoms with Gasteiger partial charge in [-0.05, 0) is 34.1 Å². The van der Waals surface area contributed by atoms with Crippen molar-refractivity contribution in [2.45, 2.75) is 6.18 Å². The van der Waals surface area contributed by atoms with Crippen molar-refractivity contribution >= 4 is 33.3 Å². The van der Waals surface area contributed by atoms with Crippen molar-refractivity contribution in [3.8, 4) is 6.07 Å². The van der Waals surface area contributed by atoms with Crippen LogP contribution in [0.25, 0.3) is 0 Å². The summed E-state index contributed by atoms with van der Waals surface area (Å²) in [7, 11) is 0. The Bertz CT molecular complexity index is 724. The van der Waals surface area contributed by atoms with Gasteiger partial charge in [-0.1, -0.05) is 0 Å². The molecule has 0 unspecified atom stereocenters. The number of nitrogens with zero attached hydrogens (tertiary/aromatic N) is 3. The van der Waals surface area contributed by atoms with E-state index in [0.717, 1.165) is 0 Å². The molecule has 0 fully saturated rings. The zero-order valence-corrected chi connectivity index (χ0v) is 11.8. The number of rotatable bonds is 2. The maximum atomic E-state index is 12.6. The maximum absolute atomic E-state index is 12.6. The van der Waals surface area contributed by atoms with Crippen LogP contribution in [0.15, 0.2) is 28.7 Å². The molecule has 0 amide bonds. The largest absolute Gasteiger partial charge is 0.451 e. The normalized spacial score (nSPS) is 11.0. The summed E-state index contributed by atoms with van der Waals surface area (Å²) in [5.41, 5.74) is 6.20. The first-order valence-electron chi connectivity index (χ1n) is 5.48. The first-order chi connectivity index (χ1) is 9.79. The van der Waals surface area contributed by atoms with Gasteiger partial charge >= 0.3 is 6.18 Å². The van der Waals surface area contributed by atoms with Crippen LogP contribution in [0.1, 0.15) is 11.4 Å². The fourth-order valence-electron chi connectivity index (χ4n) is 1.48. The molecule has 0 atom stereocenters. The van der Waals surface area contributed by atoms with Gasteiger partial charge in [0.05, 0.1) is 17.3 Å². The molecule has 0 radical (unpaired) electrons. The molecule has 1 aromatic carbocycles. The number of alkyl halides is 3. The number of hydrogen-bond donors (Lipinski definition) is 2. The summed E-state index contributed by atoms with van der Waals surface area (Å²) in [6, 6.07) is 7.70. The lowest BCUT2D eigenvalue weighted by Crippen LogP contribution is -2.13. The molecule has 9 heteroatoms. The van der Waals surface area contributed by atoms with Crippen LogP contribution in [0.5, 0.6) is 0 Å². The van der Waals surface area contributed by atoms with Gasteiger partial charge in [0.25, 0.3) is 0 Å². The number of halogens is 4. The Balaban J connectivity index is 2.36. The molecule has 108 valence electrons. The van der Waals surface area contributed by atoms with E-state index in [0.29, 0.717) is 15.7 Å². The lowest BCUT2D eigenvalue weighted by atomic mass is 10.2. The van der Waals surface area contributed by atoms with Gasteiger partial charge in [0.1, 0.15) is 11.6 Å². The molecule has 0 bridgehead atoms. The van der Waals surface area contributed by atoms with Crippen molar-refractivity contribution in [3.05, 3.63) is 40.1 Å². The minimum absolute atomic E-state index is 0.0970. The molecule has 0 aliphatic carbocycles. The third-order valence-electron chi connectivity index (χ3n) is 2.36. The molecule has 1 aromatic heterocycles. The molecule has 0 aliphatic heterocycles. The molecule has 0 spiro atoms. The van der Waals surface area contributed by atoms with Gasteiger partial charge < -0.3 is 11.1 Å². The number of anilines is 3. The highest BCUT2D eigenvalue weighted by molar-refractivity contribution is 9.10. The number of nitriles is 1. The molecule has 0 saturated heterocycles. The highest BCUT2D eigenvalue weighted by Gasteiger charge is 2.35. The van der Waals surface area contributed by atoms with Crippen molar-refractivity contribution in [2.24, 2.45) is 0 Å². The molecule has 0 saturated carbocycles. The molecular weight excluding hydrogens is 351 g/mol. The molecule has 5 nitrogen and oxygen atoms in total. The predicted octanol–water partition coefficient (Wildman–Crippen LogP) is 3.46. The molecule has 2 rings (SSSR count). The Hall–Kier alpha value is -2.34. The fraction of sp³-hybridized carbons (Fsp3) is 0.0833. The molecule has 21 heavy (non-hydrogen) atoms. The summed E-state index contributed by atoms with van der Waals surface area (Å²) in [5, 5.41) is 11.4. The van der Waals surface area contributed by atoms with E-state index in [2.05, 4.69) is 31.2 Å². The fourth-order valence-corrected chi connectivity index (χ4v) is 1.96. The molecule has 3 N–H and O–H groups in total. The lowest BCUT2D eigenvalue weighted by Gasteiger charge is -2.11. The highest BCUT2D eigenvalue weighted by atomic mass is 79.9. The van der Waals surface area contributed by atoms with E-state index in [1.165, 1.54) is 24.3 Å². The number of nitrogen functional groups attached to an aromatic ring is 1. The number of hydrogen-bond acceptors (Lipinski definition) is 5. The van der Waals surface area contributed by atoms with Crippen LogP contribution in [-0.4, -0.2) is 9.97 Å². The quantitative estimate of drug-likeness (QED) is 0.859. The first kappa shape index (κ1) is 15.1. The molecular formula is C12H7BrF3N5. The third kappa shape index (κ3) is 3.61. The van der Waals surface area contributed by atoms with Gasteiger partial charge in [0.2, 0.25) is 5.82 Å². The van der Waals surface area contributed by atoms with Crippen LogP contribution in [0.4, 0.5) is 30.5 Å². The number of nitrogens with one attached hydrogen (secondary N) is 1. The average molecular weight is 358 g/mol. The van der Waals surface area contributed by atoms with E-state index in [1.807, 2.05) is 6.07 Å². The van der Waals surface area contributed by atoms with Crippen LogP contribution in [-0.2, 0) is 6.18 Å². The zero-order chi connectivity index (χ0) is 15.6. The monoisotopic (exact) mass is 357 g/mol. The summed E-state index contributed by atoms with van der Waals surface area (Å²) in [5.74, 6) is -1.72. The van der Waals surface area contributed by atoms with Crippen LogP contribution < -0.4 is 11.1 Å². The van der Waals surface area contributed by atoms with Crippen molar-refractivity contribution in [3.63, 3.8) is 0 Å². The second-order valence-corrected chi connectivity index (χ2v) is 4.79. The number of benzene rings is 1. The summed E-state index contributed by atoms with van der Waals surface area (Å²) < 4.78 is 38.3. The van der Waals surface area contributed by atoms with Gasteiger partial charge in [-0.25, -0.2) is 9.97 Å². The van der Waals surface area contributed by atoms with E-state index in [1.54, 1.807) is 0 Å².